The average molecular weight is 302 g/mol. The Balaban J connectivity index is 2.47. The maximum absolute atomic E-state index is 12.2. The van der Waals surface area contributed by atoms with Gasteiger partial charge in [-0.2, -0.15) is 0 Å². The van der Waals surface area contributed by atoms with E-state index in [0.29, 0.717) is 0 Å². The van der Waals surface area contributed by atoms with Crippen molar-refractivity contribution in [2.45, 2.75) is 36.5 Å². The molecule has 9 heteroatoms. The van der Waals surface area contributed by atoms with Crippen LogP contribution in [0, 0.1) is 0 Å². The number of hydrogen-bond donors (Lipinski definition) is 6. The lowest BCUT2D eigenvalue weighted by Crippen LogP contribution is -2.82. The molecule has 3 aliphatic heterocycles. The Labute approximate surface area is 120 Å². The van der Waals surface area contributed by atoms with Crippen molar-refractivity contribution in [1.29, 1.82) is 0 Å². The second kappa shape index (κ2) is 4.75. The van der Waals surface area contributed by atoms with Gasteiger partial charge in [-0.05, 0) is 18.9 Å². The minimum absolute atomic E-state index is 0.0325. The number of aliphatic hydroxyl groups excluding tert-OH is 2. The Morgan fingerprint density at radius 3 is 2.62 bits per heavy atom. The molecule has 118 valence electrons. The largest absolute Gasteiger partial charge is 0.393 e. The van der Waals surface area contributed by atoms with Crippen LogP contribution in [-0.4, -0.2) is 68.6 Å². The van der Waals surface area contributed by atoms with Gasteiger partial charge < -0.3 is 35.8 Å². The van der Waals surface area contributed by atoms with Crippen molar-refractivity contribution < 1.29 is 34.8 Å². The van der Waals surface area contributed by atoms with Crippen molar-refractivity contribution in [3.63, 3.8) is 0 Å². The molecule has 0 aromatic carbocycles. The zero-order chi connectivity index (χ0) is 16.1. The van der Waals surface area contributed by atoms with E-state index < -0.39 is 41.6 Å². The van der Waals surface area contributed by atoms with Gasteiger partial charge in [0, 0.05) is 0 Å². The topological polar surface area (TPSA) is 148 Å². The fourth-order valence-electron chi connectivity index (χ4n) is 2.29. The summed E-state index contributed by atoms with van der Waals surface area (Å²) in [5.41, 5.74) is -6.69. The van der Waals surface area contributed by atoms with Gasteiger partial charge >= 0.3 is 0 Å². The van der Waals surface area contributed by atoms with Gasteiger partial charge in [0.05, 0.1) is 13.2 Å². The average Bonchev–Trinajstić information content (AvgIpc) is 2.42. The Hall–Kier alpha value is -1.52. The number of fused-ring (bicyclic) bond motifs is 5. The molecule has 3 rings (SSSR count). The number of carbonyl (C=O) groups is 2. The summed E-state index contributed by atoms with van der Waals surface area (Å²) in [5.74, 6) is -2.09. The molecular weight excluding hydrogens is 284 g/mol. The number of nitrogens with one attached hydrogen (secondary N) is 2. The van der Waals surface area contributed by atoms with E-state index in [-0.39, 0.29) is 18.6 Å². The fourth-order valence-corrected chi connectivity index (χ4v) is 2.29. The SMILES string of the molecule is C=C1CCO[C@]2([C@@H](O)C(C)(O)CO)NC(=O)[C@@]1(O)NC2=O. The molecule has 0 spiro atoms. The first kappa shape index (κ1) is 15.9. The minimum atomic E-state index is -2.31. The van der Waals surface area contributed by atoms with Crippen LogP contribution in [0.2, 0.25) is 0 Å². The van der Waals surface area contributed by atoms with Crippen LogP contribution in [0.25, 0.3) is 0 Å². The van der Waals surface area contributed by atoms with Crippen molar-refractivity contribution in [3.05, 3.63) is 12.2 Å². The molecule has 3 fully saturated rings. The number of rotatable bonds is 3. The van der Waals surface area contributed by atoms with E-state index in [9.17, 15) is 24.9 Å². The van der Waals surface area contributed by atoms with Gasteiger partial charge in [-0.25, -0.2) is 0 Å². The molecular formula is C12H18N2O7. The molecule has 0 aromatic rings. The van der Waals surface area contributed by atoms with Gasteiger partial charge in [0.15, 0.2) is 0 Å². The summed E-state index contributed by atoms with van der Waals surface area (Å²) in [6.07, 6.45) is -1.91. The third-order valence-electron chi connectivity index (χ3n) is 3.80. The molecule has 6 N–H and O–H groups in total. The molecule has 0 saturated carbocycles. The van der Waals surface area contributed by atoms with E-state index in [1.54, 1.807) is 0 Å². The third-order valence-corrected chi connectivity index (χ3v) is 3.80. The summed E-state index contributed by atoms with van der Waals surface area (Å²) in [6.45, 7) is 3.59. The summed E-state index contributed by atoms with van der Waals surface area (Å²) in [4.78, 5) is 24.3. The van der Waals surface area contributed by atoms with E-state index in [1.165, 1.54) is 0 Å². The van der Waals surface area contributed by atoms with Gasteiger partial charge in [0.25, 0.3) is 17.5 Å². The molecule has 3 aliphatic rings. The van der Waals surface area contributed by atoms with Crippen molar-refractivity contribution in [1.82, 2.24) is 10.6 Å². The molecule has 3 saturated heterocycles. The van der Waals surface area contributed by atoms with E-state index in [0.717, 1.165) is 6.92 Å². The van der Waals surface area contributed by atoms with Crippen LogP contribution in [0.3, 0.4) is 0 Å². The van der Waals surface area contributed by atoms with Gasteiger partial charge in [0.1, 0.15) is 11.7 Å². The highest BCUT2D eigenvalue weighted by Gasteiger charge is 2.63. The Bertz CT molecular complexity index is 506. The number of amides is 2. The summed E-state index contributed by atoms with van der Waals surface area (Å²) >= 11 is 0. The highest BCUT2D eigenvalue weighted by molar-refractivity contribution is 6.02. The van der Waals surface area contributed by atoms with Crippen LogP contribution < -0.4 is 10.6 Å². The molecule has 1 unspecified atom stereocenters. The highest BCUT2D eigenvalue weighted by atomic mass is 16.5. The molecule has 0 aliphatic carbocycles. The van der Waals surface area contributed by atoms with Crippen LogP contribution >= 0.6 is 0 Å². The quantitative estimate of drug-likeness (QED) is 0.299. The number of aliphatic hydroxyl groups is 4. The zero-order valence-corrected chi connectivity index (χ0v) is 11.4. The lowest BCUT2D eigenvalue weighted by atomic mass is 9.85. The molecule has 2 amide bonds. The zero-order valence-electron chi connectivity index (χ0n) is 11.4. The molecule has 9 nitrogen and oxygen atoms in total. The monoisotopic (exact) mass is 302 g/mol. The molecule has 3 heterocycles. The van der Waals surface area contributed by atoms with Crippen molar-refractivity contribution >= 4 is 11.8 Å². The summed E-state index contributed by atoms with van der Waals surface area (Å²) < 4.78 is 5.27. The van der Waals surface area contributed by atoms with Crippen LogP contribution in [-0.2, 0) is 14.3 Å². The van der Waals surface area contributed by atoms with E-state index in [1.807, 2.05) is 5.32 Å². The Morgan fingerprint density at radius 1 is 1.43 bits per heavy atom. The van der Waals surface area contributed by atoms with Gasteiger partial charge in [-0.3, -0.25) is 9.59 Å². The van der Waals surface area contributed by atoms with Gasteiger partial charge in [-0.1, -0.05) is 6.58 Å². The van der Waals surface area contributed by atoms with Crippen molar-refractivity contribution in [3.8, 4) is 0 Å². The summed E-state index contributed by atoms with van der Waals surface area (Å²) in [5, 5.41) is 43.6. The van der Waals surface area contributed by atoms with Gasteiger partial charge in [-0.15, -0.1) is 0 Å². The Kier molecular flexibility index (Phi) is 3.59. The first-order chi connectivity index (χ1) is 9.60. The van der Waals surface area contributed by atoms with Crippen molar-refractivity contribution in [2.75, 3.05) is 13.2 Å². The van der Waals surface area contributed by atoms with Crippen LogP contribution in [0.4, 0.5) is 0 Å². The summed E-state index contributed by atoms with van der Waals surface area (Å²) in [6, 6.07) is 0. The smallest absolute Gasteiger partial charge is 0.280 e. The van der Waals surface area contributed by atoms with E-state index >= 15 is 0 Å². The maximum atomic E-state index is 12.2. The highest BCUT2D eigenvalue weighted by Crippen LogP contribution is 2.32. The Morgan fingerprint density at radius 2 is 2.05 bits per heavy atom. The predicted molar refractivity (Wildman–Crippen MR) is 67.4 cm³/mol. The second-order valence-corrected chi connectivity index (χ2v) is 5.47. The number of carbonyl (C=O) groups excluding carboxylic acids is 2. The third kappa shape index (κ3) is 2.14. The van der Waals surface area contributed by atoms with Crippen LogP contribution in [0.15, 0.2) is 12.2 Å². The normalized spacial score (nSPS) is 37.1. The predicted octanol–water partition coefficient (Wildman–Crippen LogP) is -3.30. The number of hydrogen-bond acceptors (Lipinski definition) is 7. The minimum Gasteiger partial charge on any atom is -0.393 e. The first-order valence-corrected chi connectivity index (χ1v) is 6.31. The lowest BCUT2D eigenvalue weighted by Gasteiger charge is -2.49. The number of ether oxygens (including phenoxy) is 1. The lowest BCUT2D eigenvalue weighted by molar-refractivity contribution is -0.230. The van der Waals surface area contributed by atoms with Gasteiger partial charge in [0.2, 0.25) is 5.72 Å². The molecule has 2 bridgehead atoms. The van der Waals surface area contributed by atoms with E-state index in [4.69, 9.17) is 9.84 Å². The maximum Gasteiger partial charge on any atom is 0.280 e. The number of piperazine rings is 1. The van der Waals surface area contributed by atoms with Crippen LogP contribution in [0.5, 0.6) is 0 Å². The molecule has 4 atom stereocenters. The molecule has 0 aromatic heterocycles. The summed E-state index contributed by atoms with van der Waals surface area (Å²) in [7, 11) is 0. The van der Waals surface area contributed by atoms with Crippen LogP contribution in [0.1, 0.15) is 13.3 Å². The molecule has 0 radical (unpaired) electrons. The fraction of sp³-hybridized carbons (Fsp3) is 0.667. The molecule has 21 heavy (non-hydrogen) atoms. The standard InChI is InChI=1S/C12H18N2O7/c1-6-3-4-21-12(7(16)10(2,19)5-15)9(18)13-11(6,20)8(17)14-12/h7,15-16,19-20H,1,3-5H2,2H3,(H,13,18)(H,14,17)/t7-,10?,11+,12-/m0/s1. The van der Waals surface area contributed by atoms with E-state index in [2.05, 4.69) is 11.9 Å². The van der Waals surface area contributed by atoms with Crippen molar-refractivity contribution in [2.24, 2.45) is 0 Å². The first-order valence-electron chi connectivity index (χ1n) is 6.31. The second-order valence-electron chi connectivity index (χ2n) is 5.47.